The first-order valence-corrected chi connectivity index (χ1v) is 13.1. The quantitative estimate of drug-likeness (QED) is 0.277. The third kappa shape index (κ3) is 4.73. The lowest BCUT2D eigenvalue weighted by molar-refractivity contribution is -0.117. The molecule has 0 aliphatic carbocycles. The Labute approximate surface area is 216 Å². The van der Waals surface area contributed by atoms with E-state index in [-0.39, 0.29) is 18.6 Å². The minimum absolute atomic E-state index is 0.0265. The van der Waals surface area contributed by atoms with Gasteiger partial charge in [-0.15, -0.1) is 0 Å². The maximum atomic E-state index is 13.1. The summed E-state index contributed by atoms with van der Waals surface area (Å²) in [7, 11) is 0. The normalized spacial score (nSPS) is 16.6. The summed E-state index contributed by atoms with van der Waals surface area (Å²) in [5, 5.41) is 0. The van der Waals surface area contributed by atoms with E-state index in [1.165, 1.54) is 5.56 Å². The molecule has 4 aromatic rings. The summed E-state index contributed by atoms with van der Waals surface area (Å²) >= 11 is 0. The van der Waals surface area contributed by atoms with E-state index in [1.54, 1.807) is 0 Å². The van der Waals surface area contributed by atoms with E-state index in [4.69, 9.17) is 19.2 Å². The molecule has 3 heterocycles. The minimum Gasteiger partial charge on any atom is -0.494 e. The van der Waals surface area contributed by atoms with Crippen molar-refractivity contribution in [3.63, 3.8) is 0 Å². The van der Waals surface area contributed by atoms with Crippen LogP contribution >= 0.6 is 0 Å². The monoisotopic (exact) mass is 497 g/mol. The molecule has 0 radical (unpaired) electrons. The van der Waals surface area contributed by atoms with Crippen molar-refractivity contribution < 1.29 is 19.0 Å². The number of ether oxygens (including phenoxy) is 3. The fourth-order valence-corrected chi connectivity index (χ4v) is 5.21. The molecule has 0 N–H and O–H groups in total. The Hall–Kier alpha value is -4.00. The second kappa shape index (κ2) is 10.2. The minimum atomic E-state index is 0.0265. The van der Waals surface area contributed by atoms with Gasteiger partial charge in [-0.3, -0.25) is 4.79 Å². The van der Waals surface area contributed by atoms with Crippen LogP contribution in [0.25, 0.3) is 11.0 Å². The number of unbranched alkanes of at least 4 members (excludes halogenated alkanes) is 1. The van der Waals surface area contributed by atoms with Crippen LogP contribution in [0.3, 0.4) is 0 Å². The first-order valence-electron chi connectivity index (χ1n) is 13.1. The molecule has 7 heteroatoms. The molecule has 1 unspecified atom stereocenters. The number of aryl methyl sites for hydroxylation is 2. The van der Waals surface area contributed by atoms with Gasteiger partial charge in [0.05, 0.1) is 17.6 Å². The average Bonchev–Trinajstić information content (AvgIpc) is 3.65. The van der Waals surface area contributed by atoms with Gasteiger partial charge in [0.25, 0.3) is 0 Å². The van der Waals surface area contributed by atoms with Gasteiger partial charge in [-0.25, -0.2) is 4.98 Å². The number of aromatic nitrogens is 2. The predicted molar refractivity (Wildman–Crippen MR) is 143 cm³/mol. The predicted octanol–water partition coefficient (Wildman–Crippen LogP) is 5.71. The van der Waals surface area contributed by atoms with Crippen LogP contribution in [0.15, 0.2) is 66.7 Å². The van der Waals surface area contributed by atoms with Crippen molar-refractivity contribution in [1.29, 1.82) is 0 Å². The Morgan fingerprint density at radius 1 is 1.00 bits per heavy atom. The molecule has 3 aromatic carbocycles. The summed E-state index contributed by atoms with van der Waals surface area (Å²) in [6.07, 6.45) is 3.37. The second-order valence-electron chi connectivity index (χ2n) is 9.61. The van der Waals surface area contributed by atoms with Crippen LogP contribution < -0.4 is 19.1 Å². The largest absolute Gasteiger partial charge is 0.494 e. The number of rotatable bonds is 9. The highest BCUT2D eigenvalue weighted by atomic mass is 16.7. The van der Waals surface area contributed by atoms with Crippen LogP contribution in [0.1, 0.15) is 43.5 Å². The lowest BCUT2D eigenvalue weighted by atomic mass is 10.1. The van der Waals surface area contributed by atoms with Crippen LogP contribution in [-0.2, 0) is 17.8 Å². The Morgan fingerprint density at radius 2 is 1.84 bits per heavy atom. The van der Waals surface area contributed by atoms with Gasteiger partial charge in [0.2, 0.25) is 12.7 Å². The van der Waals surface area contributed by atoms with E-state index in [9.17, 15) is 4.79 Å². The number of nitrogens with zero attached hydrogens (tertiary/aromatic N) is 3. The van der Waals surface area contributed by atoms with Crippen LogP contribution in [0, 0.1) is 0 Å². The van der Waals surface area contributed by atoms with E-state index >= 15 is 0 Å². The molecule has 6 rings (SSSR count). The van der Waals surface area contributed by atoms with Gasteiger partial charge in [-0.2, -0.15) is 0 Å². The van der Waals surface area contributed by atoms with Gasteiger partial charge in [-0.1, -0.05) is 31.2 Å². The molecule has 0 saturated carbocycles. The van der Waals surface area contributed by atoms with E-state index in [1.807, 2.05) is 53.4 Å². The zero-order valence-electron chi connectivity index (χ0n) is 21.1. The molecule has 1 aromatic heterocycles. The van der Waals surface area contributed by atoms with Gasteiger partial charge < -0.3 is 23.7 Å². The molecule has 1 saturated heterocycles. The van der Waals surface area contributed by atoms with Gasteiger partial charge in [0, 0.05) is 37.2 Å². The van der Waals surface area contributed by atoms with E-state index in [2.05, 4.69) is 29.7 Å². The first-order chi connectivity index (χ1) is 18.2. The number of carbonyl (C=O) groups is 1. The molecule has 0 bridgehead atoms. The number of imidazole rings is 1. The Morgan fingerprint density at radius 3 is 2.70 bits per heavy atom. The number of fused-ring (bicyclic) bond motifs is 2. The van der Waals surface area contributed by atoms with Gasteiger partial charge in [0.15, 0.2) is 11.5 Å². The van der Waals surface area contributed by atoms with Crippen LogP contribution in [0.4, 0.5) is 5.69 Å². The van der Waals surface area contributed by atoms with Gasteiger partial charge >= 0.3 is 0 Å². The number of para-hydroxylation sites is 2. The molecule has 37 heavy (non-hydrogen) atoms. The topological polar surface area (TPSA) is 65.8 Å². The highest BCUT2D eigenvalue weighted by Gasteiger charge is 2.35. The van der Waals surface area contributed by atoms with Crippen LogP contribution in [0.5, 0.6) is 17.2 Å². The lowest BCUT2D eigenvalue weighted by Gasteiger charge is -2.18. The van der Waals surface area contributed by atoms with Crippen molar-refractivity contribution in [2.45, 2.75) is 45.1 Å². The summed E-state index contributed by atoms with van der Waals surface area (Å²) in [4.78, 5) is 19.9. The zero-order valence-corrected chi connectivity index (χ0v) is 21.1. The summed E-state index contributed by atoms with van der Waals surface area (Å²) < 4.78 is 19.2. The van der Waals surface area contributed by atoms with E-state index in [0.717, 1.165) is 59.9 Å². The standard InChI is InChI=1S/C30H31N3O4/c1-2-21-9-12-24(13-10-21)35-16-6-5-15-32-26-8-4-3-7-25(26)31-30(32)22-17-29(34)33(19-22)23-11-14-27-28(18-23)37-20-36-27/h3-4,7-14,18,22H,2,5-6,15-17,19-20H2,1H3. The maximum Gasteiger partial charge on any atom is 0.231 e. The van der Waals surface area contributed by atoms with Crippen molar-refractivity contribution in [1.82, 2.24) is 9.55 Å². The third-order valence-corrected chi connectivity index (χ3v) is 7.22. The maximum absolute atomic E-state index is 13.1. The van der Waals surface area contributed by atoms with Crippen molar-refractivity contribution in [3.05, 3.63) is 78.1 Å². The first kappa shape index (κ1) is 23.4. The summed E-state index contributed by atoms with van der Waals surface area (Å²) in [5.74, 6) is 3.43. The molecule has 7 nitrogen and oxygen atoms in total. The summed E-state index contributed by atoms with van der Waals surface area (Å²) in [6.45, 7) is 4.48. The Kier molecular flexibility index (Phi) is 6.43. The van der Waals surface area contributed by atoms with Crippen molar-refractivity contribution in [2.24, 2.45) is 0 Å². The highest BCUT2D eigenvalue weighted by Crippen LogP contribution is 2.39. The van der Waals surface area contributed by atoms with E-state index in [0.29, 0.717) is 25.3 Å². The highest BCUT2D eigenvalue weighted by molar-refractivity contribution is 5.97. The third-order valence-electron chi connectivity index (χ3n) is 7.22. The van der Waals surface area contributed by atoms with Crippen molar-refractivity contribution >= 4 is 22.6 Å². The molecule has 2 aliphatic heterocycles. The molecular weight excluding hydrogens is 466 g/mol. The van der Waals surface area contributed by atoms with Crippen LogP contribution in [-0.4, -0.2) is 35.4 Å². The molecule has 0 spiro atoms. The second-order valence-corrected chi connectivity index (χ2v) is 9.61. The fraction of sp³-hybridized carbons (Fsp3) is 0.333. The number of amides is 1. The number of benzene rings is 3. The number of carbonyl (C=O) groups excluding carboxylic acids is 1. The SMILES string of the molecule is CCc1ccc(OCCCCn2c(C3CC(=O)N(c4ccc5c(c4)OCO5)C3)nc3ccccc32)cc1. The van der Waals surface area contributed by atoms with E-state index < -0.39 is 0 Å². The van der Waals surface area contributed by atoms with Crippen LogP contribution in [0.2, 0.25) is 0 Å². The summed E-state index contributed by atoms with van der Waals surface area (Å²) in [6, 6.07) is 22.2. The number of hydrogen-bond acceptors (Lipinski definition) is 5. The molecular formula is C30H31N3O4. The Bertz CT molecular complexity index is 1410. The smallest absolute Gasteiger partial charge is 0.231 e. The number of hydrogen-bond donors (Lipinski definition) is 0. The average molecular weight is 498 g/mol. The lowest BCUT2D eigenvalue weighted by Crippen LogP contribution is -2.24. The van der Waals surface area contributed by atoms with Gasteiger partial charge in [0.1, 0.15) is 11.6 Å². The molecule has 190 valence electrons. The Balaban J connectivity index is 1.14. The van der Waals surface area contributed by atoms with Gasteiger partial charge in [-0.05, 0) is 61.2 Å². The molecule has 1 amide bonds. The van der Waals surface area contributed by atoms with Crippen molar-refractivity contribution in [2.75, 3.05) is 24.8 Å². The fourth-order valence-electron chi connectivity index (χ4n) is 5.21. The van der Waals surface area contributed by atoms with Crippen molar-refractivity contribution in [3.8, 4) is 17.2 Å². The summed E-state index contributed by atoms with van der Waals surface area (Å²) in [5.41, 5.74) is 4.24. The molecule has 2 aliphatic rings. The molecule has 1 fully saturated rings. The zero-order chi connectivity index (χ0) is 25.2. The molecule has 1 atom stereocenters. The number of anilines is 1.